The Balaban J connectivity index is 4.53. The highest BCUT2D eigenvalue weighted by molar-refractivity contribution is 5.95. The van der Waals surface area contributed by atoms with Gasteiger partial charge in [-0.15, -0.1) is 0 Å². The predicted molar refractivity (Wildman–Crippen MR) is 65.8 cm³/mol. The van der Waals surface area contributed by atoms with Gasteiger partial charge in [0.25, 0.3) is 0 Å². The molecule has 0 saturated carbocycles. The molecule has 4 N–H and O–H groups in total. The summed E-state index contributed by atoms with van der Waals surface area (Å²) < 4.78 is 0. The molecular formula is C11H15N5. The summed E-state index contributed by atoms with van der Waals surface area (Å²) in [4.78, 5) is 3.88. The quantitative estimate of drug-likeness (QED) is 0.369. The zero-order chi connectivity index (χ0) is 12.6. The van der Waals surface area contributed by atoms with E-state index in [-0.39, 0.29) is 5.84 Å². The number of nitrogens with zero attached hydrogens (tertiary/aromatic N) is 2. The Morgan fingerprint density at radius 3 is 2.50 bits per heavy atom. The molecule has 0 aliphatic rings. The van der Waals surface area contributed by atoms with Crippen molar-refractivity contribution < 1.29 is 0 Å². The highest BCUT2D eigenvalue weighted by Gasteiger charge is 1.99. The van der Waals surface area contributed by atoms with Gasteiger partial charge in [0.2, 0.25) is 0 Å². The minimum absolute atomic E-state index is 0.0800. The molecule has 5 nitrogen and oxygen atoms in total. The van der Waals surface area contributed by atoms with Crippen molar-refractivity contribution in [3.63, 3.8) is 0 Å². The van der Waals surface area contributed by atoms with Crippen LogP contribution in [-0.4, -0.2) is 12.1 Å². The van der Waals surface area contributed by atoms with Crippen molar-refractivity contribution in [2.24, 2.45) is 10.7 Å². The average Bonchev–Trinajstić information content (AvgIpc) is 2.26. The molecule has 0 rings (SSSR count). The van der Waals surface area contributed by atoms with E-state index < -0.39 is 0 Å². The van der Waals surface area contributed by atoms with Crippen LogP contribution >= 0.6 is 0 Å². The van der Waals surface area contributed by atoms with Gasteiger partial charge >= 0.3 is 0 Å². The van der Waals surface area contributed by atoms with Crippen LogP contribution in [0.15, 0.2) is 40.8 Å². The molecule has 0 bridgehead atoms. The molecule has 5 heteroatoms. The maximum Gasteiger partial charge on any atom is 0.139 e. The molecule has 84 valence electrons. The van der Waals surface area contributed by atoms with Crippen LogP contribution in [0, 0.1) is 16.7 Å². The summed E-state index contributed by atoms with van der Waals surface area (Å²) in [6, 6.07) is 1.91. The molecule has 0 fully saturated rings. The summed E-state index contributed by atoms with van der Waals surface area (Å²) in [7, 11) is 0. The monoisotopic (exact) mass is 217 g/mol. The van der Waals surface area contributed by atoms with Crippen LogP contribution in [-0.2, 0) is 0 Å². The van der Waals surface area contributed by atoms with E-state index in [4.69, 9.17) is 16.4 Å². The minimum Gasteiger partial charge on any atom is -0.382 e. The lowest BCUT2D eigenvalue weighted by atomic mass is 10.3. The molecule has 0 aliphatic carbocycles. The Kier molecular flexibility index (Phi) is 5.98. The molecule has 0 radical (unpaired) electrons. The molecule has 0 spiro atoms. The highest BCUT2D eigenvalue weighted by atomic mass is 15.0. The van der Waals surface area contributed by atoms with Crippen LogP contribution in [0.4, 0.5) is 0 Å². The molecule has 0 heterocycles. The van der Waals surface area contributed by atoms with Crippen molar-refractivity contribution in [2.75, 3.05) is 0 Å². The van der Waals surface area contributed by atoms with Gasteiger partial charge < -0.3 is 11.1 Å². The van der Waals surface area contributed by atoms with E-state index in [2.05, 4.69) is 16.9 Å². The van der Waals surface area contributed by atoms with Crippen LogP contribution in [0.5, 0.6) is 0 Å². The number of nitriles is 1. The number of nitrogens with one attached hydrogen (secondary N) is 2. The molecule has 0 aliphatic heterocycles. The van der Waals surface area contributed by atoms with Crippen molar-refractivity contribution in [1.29, 1.82) is 10.7 Å². The number of nitrogens with two attached hydrogens (primary N) is 1. The first-order valence-electron chi connectivity index (χ1n) is 4.62. The van der Waals surface area contributed by atoms with Gasteiger partial charge in [0.15, 0.2) is 0 Å². The van der Waals surface area contributed by atoms with Gasteiger partial charge in [-0.3, -0.25) is 5.41 Å². The third kappa shape index (κ3) is 4.77. The normalized spacial score (nSPS) is 12.3. The fourth-order valence-electron chi connectivity index (χ4n) is 0.816. The maximum atomic E-state index is 8.61. The van der Waals surface area contributed by atoms with E-state index in [9.17, 15) is 0 Å². The summed E-state index contributed by atoms with van der Waals surface area (Å²) in [5.41, 5.74) is 6.52. The number of amidine groups is 1. The van der Waals surface area contributed by atoms with Crippen molar-refractivity contribution in [2.45, 2.75) is 13.8 Å². The smallest absolute Gasteiger partial charge is 0.139 e. The second kappa shape index (κ2) is 7.01. The van der Waals surface area contributed by atoms with E-state index in [1.807, 2.05) is 6.07 Å². The van der Waals surface area contributed by atoms with Crippen LogP contribution in [0.3, 0.4) is 0 Å². The predicted octanol–water partition coefficient (Wildman–Crippen LogP) is 1.43. The van der Waals surface area contributed by atoms with Crippen molar-refractivity contribution in [3.8, 4) is 6.07 Å². The van der Waals surface area contributed by atoms with Crippen molar-refractivity contribution >= 4 is 12.1 Å². The number of hydrogen-bond acceptors (Lipinski definition) is 4. The number of aliphatic imine (C=N–C) groups is 1. The van der Waals surface area contributed by atoms with E-state index in [0.717, 1.165) is 0 Å². The van der Waals surface area contributed by atoms with Gasteiger partial charge in [0, 0.05) is 5.70 Å². The third-order valence-corrected chi connectivity index (χ3v) is 1.62. The van der Waals surface area contributed by atoms with Crippen LogP contribution in [0.1, 0.15) is 13.8 Å². The Morgan fingerprint density at radius 2 is 2.12 bits per heavy atom. The lowest BCUT2D eigenvalue weighted by Gasteiger charge is -2.07. The Morgan fingerprint density at radius 1 is 1.50 bits per heavy atom. The maximum absolute atomic E-state index is 8.61. The third-order valence-electron chi connectivity index (χ3n) is 1.62. The fraction of sp³-hybridized carbons (Fsp3) is 0.182. The number of hydrogen-bond donors (Lipinski definition) is 3. The van der Waals surface area contributed by atoms with E-state index in [1.54, 1.807) is 26.0 Å². The molecular weight excluding hydrogens is 202 g/mol. The van der Waals surface area contributed by atoms with E-state index >= 15 is 0 Å². The molecule has 0 aromatic rings. The molecule has 0 atom stereocenters. The largest absolute Gasteiger partial charge is 0.382 e. The number of allylic oxidation sites excluding steroid dienone is 4. The molecule has 0 aromatic heterocycles. The van der Waals surface area contributed by atoms with Crippen LogP contribution in [0.25, 0.3) is 0 Å². The van der Waals surface area contributed by atoms with Crippen LogP contribution < -0.4 is 11.1 Å². The highest BCUT2D eigenvalue weighted by Crippen LogP contribution is 1.95. The number of rotatable bonds is 5. The fourth-order valence-corrected chi connectivity index (χ4v) is 0.816. The first kappa shape index (κ1) is 13.7. The molecule has 0 saturated heterocycles. The van der Waals surface area contributed by atoms with Gasteiger partial charge in [0.05, 0.1) is 11.9 Å². The molecule has 0 aromatic carbocycles. The second-order valence-corrected chi connectivity index (χ2v) is 2.81. The minimum atomic E-state index is -0.0800. The molecule has 0 amide bonds. The van der Waals surface area contributed by atoms with Crippen molar-refractivity contribution in [1.82, 2.24) is 5.32 Å². The van der Waals surface area contributed by atoms with E-state index in [0.29, 0.717) is 17.1 Å². The summed E-state index contributed by atoms with van der Waals surface area (Å²) >= 11 is 0. The Labute approximate surface area is 95.2 Å². The molecule has 0 unspecified atom stereocenters. The zero-order valence-corrected chi connectivity index (χ0v) is 9.41. The van der Waals surface area contributed by atoms with E-state index in [1.165, 1.54) is 6.21 Å². The van der Waals surface area contributed by atoms with Gasteiger partial charge in [-0.05, 0) is 13.8 Å². The molecule has 16 heavy (non-hydrogen) atoms. The second-order valence-electron chi connectivity index (χ2n) is 2.81. The van der Waals surface area contributed by atoms with Crippen molar-refractivity contribution in [3.05, 3.63) is 35.8 Å². The summed E-state index contributed by atoms with van der Waals surface area (Å²) in [6.45, 7) is 7.15. The standard InChI is InChI=1S/C11H15N5/c1-4-9(6-12)15-7-8(3)16-10(5-2)11(13)14/h4-5,7,16H,3H2,1-2H3,(H3,13,14)/b9-4-,10-5-,15-7-. The Hall–Kier alpha value is -2.35. The van der Waals surface area contributed by atoms with Gasteiger partial charge in [-0.1, -0.05) is 18.7 Å². The van der Waals surface area contributed by atoms with Gasteiger partial charge in [0.1, 0.15) is 17.6 Å². The Bertz CT molecular complexity index is 407. The summed E-state index contributed by atoms with van der Waals surface area (Å²) in [5.74, 6) is -0.0800. The van der Waals surface area contributed by atoms with Gasteiger partial charge in [-0.25, -0.2) is 4.99 Å². The average molecular weight is 217 g/mol. The SMILES string of the molecule is C=C(/C=N\C(C#N)=C/C)N/C(=C\C)C(=N)N. The lowest BCUT2D eigenvalue weighted by Crippen LogP contribution is -2.25. The summed E-state index contributed by atoms with van der Waals surface area (Å²) in [5, 5.41) is 18.6. The van der Waals surface area contributed by atoms with Gasteiger partial charge in [-0.2, -0.15) is 5.26 Å². The lowest BCUT2D eigenvalue weighted by molar-refractivity contribution is 1.08. The topological polar surface area (TPSA) is 98.0 Å². The summed E-state index contributed by atoms with van der Waals surface area (Å²) in [6.07, 6.45) is 4.65. The first-order valence-corrected chi connectivity index (χ1v) is 4.62. The zero-order valence-electron chi connectivity index (χ0n) is 9.41. The first-order chi connectivity index (χ1) is 7.54. The van der Waals surface area contributed by atoms with Crippen LogP contribution in [0.2, 0.25) is 0 Å².